The van der Waals surface area contributed by atoms with E-state index in [2.05, 4.69) is 11.9 Å². The van der Waals surface area contributed by atoms with Crippen LogP contribution in [0.3, 0.4) is 0 Å². The van der Waals surface area contributed by atoms with Crippen LogP contribution in [0.2, 0.25) is 0 Å². The van der Waals surface area contributed by atoms with Gasteiger partial charge < -0.3 is 24.3 Å². The Morgan fingerprint density at radius 2 is 1.59 bits per heavy atom. The largest absolute Gasteiger partial charge is 0.496 e. The van der Waals surface area contributed by atoms with Gasteiger partial charge in [0.2, 0.25) is 5.75 Å². The SMILES string of the molecule is C=CCc1cc(C(=O)NCc2ccc(OC)c(OC)c2OC)ccc1OC. The first-order valence-electron chi connectivity index (χ1n) is 8.43. The van der Waals surface area contributed by atoms with Gasteiger partial charge >= 0.3 is 0 Å². The number of carbonyl (C=O) groups excluding carboxylic acids is 1. The second-order valence-electron chi connectivity index (χ2n) is 5.70. The van der Waals surface area contributed by atoms with Gasteiger partial charge in [0.15, 0.2) is 11.5 Å². The monoisotopic (exact) mass is 371 g/mol. The summed E-state index contributed by atoms with van der Waals surface area (Å²) in [6.45, 7) is 4.02. The van der Waals surface area contributed by atoms with Crippen LogP contribution in [-0.4, -0.2) is 34.3 Å². The second kappa shape index (κ2) is 9.52. The number of benzene rings is 2. The maximum absolute atomic E-state index is 12.6. The third-order valence-corrected chi connectivity index (χ3v) is 4.13. The standard InChI is InChI=1S/C21H25NO5/c1-6-7-14-12-15(8-10-17(14)24-2)21(23)22-13-16-9-11-18(25-3)20(27-5)19(16)26-4/h6,8-12H,1,7,13H2,2-5H3,(H,22,23). The third-order valence-electron chi connectivity index (χ3n) is 4.13. The van der Waals surface area contributed by atoms with E-state index in [4.69, 9.17) is 18.9 Å². The maximum Gasteiger partial charge on any atom is 0.251 e. The number of hydrogen-bond acceptors (Lipinski definition) is 5. The molecular weight excluding hydrogens is 346 g/mol. The topological polar surface area (TPSA) is 66.0 Å². The van der Waals surface area contributed by atoms with Crippen molar-refractivity contribution in [2.24, 2.45) is 0 Å². The van der Waals surface area contributed by atoms with Crippen molar-refractivity contribution in [2.45, 2.75) is 13.0 Å². The molecular formula is C21H25NO5. The number of amides is 1. The lowest BCUT2D eigenvalue weighted by Gasteiger charge is -2.16. The summed E-state index contributed by atoms with van der Waals surface area (Å²) < 4.78 is 21.4. The third kappa shape index (κ3) is 4.53. The lowest BCUT2D eigenvalue weighted by Crippen LogP contribution is -2.23. The van der Waals surface area contributed by atoms with E-state index in [0.717, 1.165) is 16.9 Å². The highest BCUT2D eigenvalue weighted by molar-refractivity contribution is 5.94. The Morgan fingerprint density at radius 1 is 0.926 bits per heavy atom. The molecule has 0 aliphatic heterocycles. The van der Waals surface area contributed by atoms with Crippen LogP contribution in [-0.2, 0) is 13.0 Å². The summed E-state index contributed by atoms with van der Waals surface area (Å²) in [6, 6.07) is 8.93. The molecule has 27 heavy (non-hydrogen) atoms. The minimum absolute atomic E-state index is 0.195. The zero-order valence-electron chi connectivity index (χ0n) is 16.1. The van der Waals surface area contributed by atoms with Crippen molar-refractivity contribution in [3.63, 3.8) is 0 Å². The zero-order valence-corrected chi connectivity index (χ0v) is 16.1. The van der Waals surface area contributed by atoms with Crippen LogP contribution >= 0.6 is 0 Å². The minimum atomic E-state index is -0.195. The molecule has 2 rings (SSSR count). The van der Waals surface area contributed by atoms with Gasteiger partial charge in [-0.05, 0) is 42.3 Å². The average molecular weight is 371 g/mol. The number of allylic oxidation sites excluding steroid dienone is 1. The number of nitrogens with one attached hydrogen (secondary N) is 1. The molecule has 144 valence electrons. The maximum atomic E-state index is 12.6. The molecule has 1 amide bonds. The number of ether oxygens (including phenoxy) is 4. The Morgan fingerprint density at radius 3 is 2.19 bits per heavy atom. The van der Waals surface area contributed by atoms with Gasteiger partial charge in [0.25, 0.3) is 5.91 Å². The fraction of sp³-hybridized carbons (Fsp3) is 0.286. The second-order valence-corrected chi connectivity index (χ2v) is 5.70. The first-order chi connectivity index (χ1) is 13.1. The fourth-order valence-corrected chi connectivity index (χ4v) is 2.81. The Hall–Kier alpha value is -3.15. The van der Waals surface area contributed by atoms with Crippen molar-refractivity contribution in [1.82, 2.24) is 5.32 Å². The molecule has 0 radical (unpaired) electrons. The lowest BCUT2D eigenvalue weighted by molar-refractivity contribution is 0.0950. The van der Waals surface area contributed by atoms with Gasteiger partial charge in [-0.15, -0.1) is 6.58 Å². The van der Waals surface area contributed by atoms with Crippen LogP contribution in [0.15, 0.2) is 43.0 Å². The van der Waals surface area contributed by atoms with E-state index in [1.54, 1.807) is 52.7 Å². The molecule has 2 aromatic rings. The minimum Gasteiger partial charge on any atom is -0.496 e. The van der Waals surface area contributed by atoms with Gasteiger partial charge in [0.05, 0.1) is 28.4 Å². The molecule has 0 saturated carbocycles. The summed E-state index contributed by atoms with van der Waals surface area (Å²) in [4.78, 5) is 12.6. The molecule has 0 aromatic heterocycles. The van der Waals surface area contributed by atoms with Crippen molar-refractivity contribution in [1.29, 1.82) is 0 Å². The molecule has 0 heterocycles. The van der Waals surface area contributed by atoms with E-state index < -0.39 is 0 Å². The van der Waals surface area contributed by atoms with Gasteiger partial charge in [-0.25, -0.2) is 0 Å². The van der Waals surface area contributed by atoms with Crippen LogP contribution < -0.4 is 24.3 Å². The van der Waals surface area contributed by atoms with Crippen LogP contribution in [0.5, 0.6) is 23.0 Å². The molecule has 2 aromatic carbocycles. The number of carbonyl (C=O) groups is 1. The molecule has 0 aliphatic rings. The summed E-state index contributed by atoms with van der Waals surface area (Å²) in [5.41, 5.74) is 2.24. The Bertz CT molecular complexity index is 816. The Kier molecular flexibility index (Phi) is 7.11. The fourth-order valence-electron chi connectivity index (χ4n) is 2.81. The summed E-state index contributed by atoms with van der Waals surface area (Å²) >= 11 is 0. The van der Waals surface area contributed by atoms with E-state index in [1.807, 2.05) is 12.1 Å². The normalized spacial score (nSPS) is 10.1. The van der Waals surface area contributed by atoms with E-state index in [1.165, 1.54) is 0 Å². The zero-order chi connectivity index (χ0) is 19.8. The molecule has 0 aliphatic carbocycles. The molecule has 0 atom stereocenters. The van der Waals surface area contributed by atoms with Crippen LogP contribution in [0.1, 0.15) is 21.5 Å². The van der Waals surface area contributed by atoms with Crippen molar-refractivity contribution < 1.29 is 23.7 Å². The van der Waals surface area contributed by atoms with Gasteiger partial charge in [-0.1, -0.05) is 6.08 Å². The predicted molar refractivity (Wildman–Crippen MR) is 104 cm³/mol. The van der Waals surface area contributed by atoms with E-state index in [9.17, 15) is 4.79 Å². The molecule has 0 unspecified atom stereocenters. The average Bonchev–Trinajstić information content (AvgIpc) is 2.71. The van der Waals surface area contributed by atoms with E-state index in [-0.39, 0.29) is 12.5 Å². The molecule has 0 spiro atoms. The van der Waals surface area contributed by atoms with Gasteiger partial charge in [0.1, 0.15) is 5.75 Å². The van der Waals surface area contributed by atoms with E-state index >= 15 is 0 Å². The Balaban J connectivity index is 2.20. The van der Waals surface area contributed by atoms with Crippen molar-refractivity contribution in [2.75, 3.05) is 28.4 Å². The lowest BCUT2D eigenvalue weighted by atomic mass is 10.1. The van der Waals surface area contributed by atoms with Gasteiger partial charge in [-0.2, -0.15) is 0 Å². The first kappa shape index (κ1) is 20.2. The van der Waals surface area contributed by atoms with Crippen LogP contribution in [0, 0.1) is 0 Å². The van der Waals surface area contributed by atoms with E-state index in [0.29, 0.717) is 29.2 Å². The van der Waals surface area contributed by atoms with Crippen LogP contribution in [0.25, 0.3) is 0 Å². The highest BCUT2D eigenvalue weighted by atomic mass is 16.5. The molecule has 0 bridgehead atoms. The molecule has 6 nitrogen and oxygen atoms in total. The molecule has 0 fully saturated rings. The summed E-state index contributed by atoms with van der Waals surface area (Å²) in [5.74, 6) is 2.12. The summed E-state index contributed by atoms with van der Waals surface area (Å²) in [5, 5.41) is 2.90. The van der Waals surface area contributed by atoms with Crippen LogP contribution in [0.4, 0.5) is 0 Å². The molecule has 1 N–H and O–H groups in total. The van der Waals surface area contributed by atoms with Crippen molar-refractivity contribution >= 4 is 5.91 Å². The summed E-state index contributed by atoms with van der Waals surface area (Å²) in [6.07, 6.45) is 2.39. The predicted octanol–water partition coefficient (Wildman–Crippen LogP) is 3.38. The summed E-state index contributed by atoms with van der Waals surface area (Å²) in [7, 11) is 6.25. The van der Waals surface area contributed by atoms with Crippen molar-refractivity contribution in [3.8, 4) is 23.0 Å². The van der Waals surface area contributed by atoms with Gasteiger partial charge in [0, 0.05) is 17.7 Å². The smallest absolute Gasteiger partial charge is 0.251 e. The van der Waals surface area contributed by atoms with Gasteiger partial charge in [-0.3, -0.25) is 4.79 Å². The number of methoxy groups -OCH3 is 4. The Labute approximate surface area is 159 Å². The molecule has 0 saturated heterocycles. The number of hydrogen-bond donors (Lipinski definition) is 1. The highest BCUT2D eigenvalue weighted by Gasteiger charge is 2.17. The quantitative estimate of drug-likeness (QED) is 0.685. The highest BCUT2D eigenvalue weighted by Crippen LogP contribution is 2.39. The number of rotatable bonds is 9. The molecule has 6 heteroatoms. The van der Waals surface area contributed by atoms with Crippen molar-refractivity contribution in [3.05, 3.63) is 59.7 Å². The first-order valence-corrected chi connectivity index (χ1v) is 8.43.